The van der Waals surface area contributed by atoms with E-state index in [1.165, 1.54) is 6.07 Å². The third-order valence-corrected chi connectivity index (χ3v) is 3.82. The zero-order valence-corrected chi connectivity index (χ0v) is 15.3. The Morgan fingerprint density at radius 1 is 1.00 bits per heavy atom. The zero-order chi connectivity index (χ0) is 20.9. The minimum atomic E-state index is -4.53. The van der Waals surface area contributed by atoms with Gasteiger partial charge in [0.25, 0.3) is 0 Å². The van der Waals surface area contributed by atoms with Crippen LogP contribution in [0.25, 0.3) is 0 Å². The van der Waals surface area contributed by atoms with Crippen molar-refractivity contribution < 1.29 is 17.9 Å². The van der Waals surface area contributed by atoms with E-state index in [1.54, 1.807) is 30.3 Å². The molecule has 0 spiro atoms. The van der Waals surface area contributed by atoms with Gasteiger partial charge in [-0.15, -0.1) is 0 Å². The first kappa shape index (κ1) is 20.3. The number of ether oxygens (including phenoxy) is 1. The van der Waals surface area contributed by atoms with Gasteiger partial charge in [-0.25, -0.2) is 4.98 Å². The lowest BCUT2D eigenvalue weighted by Gasteiger charge is -2.11. The summed E-state index contributed by atoms with van der Waals surface area (Å²) in [6, 6.07) is 10.6. The molecule has 10 heteroatoms. The lowest BCUT2D eigenvalue weighted by Crippen LogP contribution is -2.07. The van der Waals surface area contributed by atoms with Gasteiger partial charge in [0, 0.05) is 29.7 Å². The van der Waals surface area contributed by atoms with Crippen LogP contribution in [-0.4, -0.2) is 21.5 Å². The Hall–Kier alpha value is -3.40. The first-order valence-electron chi connectivity index (χ1n) is 8.75. The van der Waals surface area contributed by atoms with Crippen LogP contribution in [0.3, 0.4) is 0 Å². The van der Waals surface area contributed by atoms with Gasteiger partial charge < -0.3 is 21.5 Å². The van der Waals surface area contributed by atoms with E-state index in [-0.39, 0.29) is 11.7 Å². The highest BCUT2D eigenvalue weighted by molar-refractivity contribution is 5.58. The van der Waals surface area contributed by atoms with E-state index in [2.05, 4.69) is 20.3 Å². The van der Waals surface area contributed by atoms with E-state index < -0.39 is 11.9 Å². The molecule has 2 heterocycles. The van der Waals surface area contributed by atoms with Crippen LogP contribution in [0.4, 0.5) is 30.6 Å². The van der Waals surface area contributed by atoms with Gasteiger partial charge in [-0.2, -0.15) is 18.2 Å². The number of anilines is 3. The van der Waals surface area contributed by atoms with E-state index >= 15 is 0 Å². The number of benzene rings is 1. The molecule has 0 aliphatic carbocycles. The van der Waals surface area contributed by atoms with Crippen LogP contribution in [0.5, 0.6) is 11.5 Å². The second-order valence-electron chi connectivity index (χ2n) is 6.12. The molecule has 5 N–H and O–H groups in total. The standard InChI is InChI=1S/C19H19F3N6O/c20-19(21,22)16-11-15(7-9-25-16)29-14-5-3-12(4-6-14)26-17-10-13(2-1-8-23)27-18(24)28-17/h3-7,9-11H,1-2,8,23H2,(H3,24,26,27,28). The molecule has 0 bridgehead atoms. The van der Waals surface area contributed by atoms with Crippen molar-refractivity contribution in [1.29, 1.82) is 0 Å². The molecule has 3 aromatic rings. The molecule has 0 saturated carbocycles. The SMILES string of the molecule is NCCCc1cc(Nc2ccc(Oc3ccnc(C(F)(F)F)c3)cc2)nc(N)n1. The maximum absolute atomic E-state index is 12.7. The Balaban J connectivity index is 1.69. The average Bonchev–Trinajstić information content (AvgIpc) is 2.67. The van der Waals surface area contributed by atoms with Crippen LogP contribution in [0.2, 0.25) is 0 Å². The fourth-order valence-electron chi connectivity index (χ4n) is 2.51. The second kappa shape index (κ2) is 8.74. The first-order chi connectivity index (χ1) is 13.8. The molecule has 0 atom stereocenters. The maximum atomic E-state index is 12.7. The van der Waals surface area contributed by atoms with Gasteiger partial charge >= 0.3 is 6.18 Å². The first-order valence-corrected chi connectivity index (χ1v) is 8.75. The van der Waals surface area contributed by atoms with Crippen LogP contribution >= 0.6 is 0 Å². The highest BCUT2D eigenvalue weighted by Gasteiger charge is 2.32. The molecule has 0 unspecified atom stereocenters. The minimum absolute atomic E-state index is 0.0427. The van der Waals surface area contributed by atoms with Crippen LogP contribution in [0.1, 0.15) is 17.8 Å². The number of hydrogen-bond donors (Lipinski definition) is 3. The van der Waals surface area contributed by atoms with E-state index in [0.29, 0.717) is 30.2 Å². The Morgan fingerprint density at radius 3 is 2.45 bits per heavy atom. The highest BCUT2D eigenvalue weighted by atomic mass is 19.4. The van der Waals surface area contributed by atoms with Crippen LogP contribution < -0.4 is 21.5 Å². The van der Waals surface area contributed by atoms with Crippen molar-refractivity contribution in [2.45, 2.75) is 19.0 Å². The number of pyridine rings is 1. The average molecular weight is 404 g/mol. The number of hydrogen-bond acceptors (Lipinski definition) is 7. The predicted molar refractivity (Wildman–Crippen MR) is 103 cm³/mol. The molecule has 29 heavy (non-hydrogen) atoms. The molecule has 0 aliphatic rings. The lowest BCUT2D eigenvalue weighted by molar-refractivity contribution is -0.141. The number of rotatable bonds is 7. The number of alkyl halides is 3. The smallest absolute Gasteiger partial charge is 0.433 e. The fraction of sp³-hybridized carbons (Fsp3) is 0.211. The van der Waals surface area contributed by atoms with E-state index in [1.807, 2.05) is 0 Å². The number of nitrogens with two attached hydrogens (primary N) is 2. The van der Waals surface area contributed by atoms with Gasteiger partial charge in [-0.1, -0.05) is 0 Å². The summed E-state index contributed by atoms with van der Waals surface area (Å²) < 4.78 is 43.7. The molecule has 7 nitrogen and oxygen atoms in total. The molecule has 152 valence electrons. The minimum Gasteiger partial charge on any atom is -0.457 e. The van der Waals surface area contributed by atoms with E-state index in [0.717, 1.165) is 24.4 Å². The summed E-state index contributed by atoms with van der Waals surface area (Å²) in [5.74, 6) is 1.10. The Morgan fingerprint density at radius 2 is 1.76 bits per heavy atom. The zero-order valence-electron chi connectivity index (χ0n) is 15.3. The molecular weight excluding hydrogens is 385 g/mol. The van der Waals surface area contributed by atoms with Crippen molar-refractivity contribution in [3.63, 3.8) is 0 Å². The molecule has 3 rings (SSSR count). The normalized spacial score (nSPS) is 11.3. The Kier molecular flexibility index (Phi) is 6.13. The van der Waals surface area contributed by atoms with Crippen LogP contribution in [-0.2, 0) is 12.6 Å². The van der Waals surface area contributed by atoms with Gasteiger partial charge in [0.1, 0.15) is 23.0 Å². The number of aryl methyl sites for hydroxylation is 1. The van der Waals surface area contributed by atoms with Gasteiger partial charge in [-0.3, -0.25) is 4.98 Å². The number of halogens is 3. The third-order valence-electron chi connectivity index (χ3n) is 3.82. The lowest BCUT2D eigenvalue weighted by atomic mass is 10.2. The summed E-state index contributed by atoms with van der Waals surface area (Å²) in [6.07, 6.45) is -2.01. The maximum Gasteiger partial charge on any atom is 0.433 e. The van der Waals surface area contributed by atoms with Crippen LogP contribution in [0, 0.1) is 0 Å². The monoisotopic (exact) mass is 404 g/mol. The van der Waals surface area contributed by atoms with E-state index in [9.17, 15) is 13.2 Å². The Labute approximate surface area is 165 Å². The van der Waals surface area contributed by atoms with Gasteiger partial charge in [-0.05, 0) is 49.7 Å². The fourth-order valence-corrected chi connectivity index (χ4v) is 2.51. The molecule has 0 fully saturated rings. The molecule has 0 aliphatic heterocycles. The molecule has 0 saturated heterocycles. The van der Waals surface area contributed by atoms with E-state index in [4.69, 9.17) is 16.2 Å². The van der Waals surface area contributed by atoms with Crippen molar-refractivity contribution in [3.05, 3.63) is 60.0 Å². The van der Waals surface area contributed by atoms with Crippen molar-refractivity contribution in [1.82, 2.24) is 15.0 Å². The number of nitrogens with zero attached hydrogens (tertiary/aromatic N) is 3. The number of nitrogen functional groups attached to an aromatic ring is 1. The Bertz CT molecular complexity index is 963. The van der Waals surface area contributed by atoms with Crippen molar-refractivity contribution in [3.8, 4) is 11.5 Å². The summed E-state index contributed by atoms with van der Waals surface area (Å²) in [6.45, 7) is 0.552. The molecular formula is C19H19F3N6O. The second-order valence-corrected chi connectivity index (χ2v) is 6.12. The number of nitrogens with one attached hydrogen (secondary N) is 1. The van der Waals surface area contributed by atoms with Crippen LogP contribution in [0.15, 0.2) is 48.7 Å². The van der Waals surface area contributed by atoms with Gasteiger partial charge in [0.2, 0.25) is 5.95 Å². The summed E-state index contributed by atoms with van der Waals surface area (Å²) >= 11 is 0. The summed E-state index contributed by atoms with van der Waals surface area (Å²) in [7, 11) is 0. The molecule has 1 aromatic carbocycles. The van der Waals surface area contributed by atoms with Crippen molar-refractivity contribution in [2.24, 2.45) is 5.73 Å². The van der Waals surface area contributed by atoms with Crippen molar-refractivity contribution >= 4 is 17.5 Å². The highest BCUT2D eigenvalue weighted by Crippen LogP contribution is 2.31. The number of aromatic nitrogens is 3. The summed E-state index contributed by atoms with van der Waals surface area (Å²) in [4.78, 5) is 11.6. The summed E-state index contributed by atoms with van der Waals surface area (Å²) in [5.41, 5.74) is 11.7. The van der Waals surface area contributed by atoms with Gasteiger partial charge in [0.05, 0.1) is 0 Å². The van der Waals surface area contributed by atoms with Gasteiger partial charge in [0.15, 0.2) is 0 Å². The molecule has 0 radical (unpaired) electrons. The topological polar surface area (TPSA) is 112 Å². The molecule has 2 aromatic heterocycles. The third kappa shape index (κ3) is 5.79. The predicted octanol–water partition coefficient (Wildman–Crippen LogP) is 3.90. The quantitative estimate of drug-likeness (QED) is 0.547. The largest absolute Gasteiger partial charge is 0.457 e. The summed E-state index contributed by atoms with van der Waals surface area (Å²) in [5, 5.41) is 3.10. The van der Waals surface area contributed by atoms with Crippen molar-refractivity contribution in [2.75, 3.05) is 17.6 Å². The molecule has 0 amide bonds.